The van der Waals surface area contributed by atoms with E-state index in [0.717, 1.165) is 15.5 Å². The summed E-state index contributed by atoms with van der Waals surface area (Å²) in [6.45, 7) is 2.15. The fraction of sp³-hybridized carbons (Fsp3) is 0.174. The van der Waals surface area contributed by atoms with Crippen LogP contribution in [0.1, 0.15) is 10.4 Å². The number of fused-ring (bicyclic) bond motifs is 1. The number of nitro groups is 1. The van der Waals surface area contributed by atoms with E-state index in [1.807, 2.05) is 30.3 Å². The molecule has 9 nitrogen and oxygen atoms in total. The summed E-state index contributed by atoms with van der Waals surface area (Å²) in [4.78, 5) is 37.8. The SMILES string of the molecule is O=C(c1cc([N+](=O)[O-])ccc1Oc1ccccc1)N1CCN(c2nc3cccnc3s2)CC1. The Balaban J connectivity index is 1.35. The molecule has 2 aromatic heterocycles. The number of carbonyl (C=O) groups is 1. The number of benzene rings is 2. The minimum absolute atomic E-state index is 0.153. The highest BCUT2D eigenvalue weighted by molar-refractivity contribution is 7.21. The van der Waals surface area contributed by atoms with Gasteiger partial charge in [0.15, 0.2) is 5.13 Å². The van der Waals surface area contributed by atoms with E-state index >= 15 is 0 Å². The number of nitro benzene ring substituents is 1. The van der Waals surface area contributed by atoms with E-state index in [1.54, 1.807) is 23.2 Å². The predicted octanol–water partition coefficient (Wildman–Crippen LogP) is 4.35. The van der Waals surface area contributed by atoms with Crippen molar-refractivity contribution in [3.05, 3.63) is 82.5 Å². The van der Waals surface area contributed by atoms with Gasteiger partial charge in [0.05, 0.1) is 10.5 Å². The standard InChI is InChI=1S/C23H19N5O4S/c29-22(18-15-16(28(30)31)8-9-20(18)32-17-5-2-1-3-6-17)26-11-13-27(14-12-26)23-25-19-7-4-10-24-21(19)33-23/h1-10,15H,11-14H2. The van der Waals surface area contributed by atoms with Crippen molar-refractivity contribution in [2.24, 2.45) is 0 Å². The van der Waals surface area contributed by atoms with Gasteiger partial charge >= 0.3 is 0 Å². The van der Waals surface area contributed by atoms with Crippen molar-refractivity contribution in [2.45, 2.75) is 0 Å². The van der Waals surface area contributed by atoms with E-state index in [-0.39, 0.29) is 22.9 Å². The lowest BCUT2D eigenvalue weighted by molar-refractivity contribution is -0.384. The molecule has 166 valence electrons. The highest BCUT2D eigenvalue weighted by Gasteiger charge is 2.27. The average molecular weight is 462 g/mol. The van der Waals surface area contributed by atoms with Crippen molar-refractivity contribution >= 4 is 38.4 Å². The smallest absolute Gasteiger partial charge is 0.270 e. The minimum atomic E-state index is -0.512. The van der Waals surface area contributed by atoms with Crippen molar-refractivity contribution in [1.82, 2.24) is 14.9 Å². The molecule has 0 saturated carbocycles. The zero-order valence-corrected chi connectivity index (χ0v) is 18.3. The van der Waals surface area contributed by atoms with E-state index in [1.165, 1.54) is 29.5 Å². The number of nitrogens with zero attached hydrogens (tertiary/aromatic N) is 5. The second kappa shape index (κ2) is 8.83. The van der Waals surface area contributed by atoms with Crippen molar-refractivity contribution in [3.8, 4) is 11.5 Å². The Kier molecular flexibility index (Phi) is 5.57. The normalized spacial score (nSPS) is 13.8. The fourth-order valence-electron chi connectivity index (χ4n) is 3.67. The molecule has 1 saturated heterocycles. The third-order valence-corrected chi connectivity index (χ3v) is 6.41. The fourth-order valence-corrected chi connectivity index (χ4v) is 4.63. The number of para-hydroxylation sites is 1. The maximum Gasteiger partial charge on any atom is 0.270 e. The molecule has 1 amide bonds. The second-order valence-electron chi connectivity index (χ2n) is 7.46. The molecule has 0 bridgehead atoms. The van der Waals surface area contributed by atoms with Crippen molar-refractivity contribution in [2.75, 3.05) is 31.1 Å². The van der Waals surface area contributed by atoms with Gasteiger partial charge in [0.25, 0.3) is 11.6 Å². The first kappa shape index (κ1) is 20.8. The lowest BCUT2D eigenvalue weighted by Gasteiger charge is -2.34. The Hall–Kier alpha value is -4.05. The monoisotopic (exact) mass is 461 g/mol. The molecule has 2 aromatic carbocycles. The molecule has 1 aliphatic heterocycles. The highest BCUT2D eigenvalue weighted by Crippen LogP contribution is 2.31. The Labute approximate surface area is 193 Å². The Bertz CT molecular complexity index is 1290. The van der Waals surface area contributed by atoms with E-state index in [2.05, 4.69) is 14.9 Å². The summed E-state index contributed by atoms with van der Waals surface area (Å²) in [5, 5.41) is 12.2. The van der Waals surface area contributed by atoms with Crippen LogP contribution in [0.2, 0.25) is 0 Å². The number of piperazine rings is 1. The number of ether oxygens (including phenoxy) is 1. The van der Waals surface area contributed by atoms with Crippen LogP contribution >= 0.6 is 11.3 Å². The average Bonchev–Trinajstić information content (AvgIpc) is 3.29. The van der Waals surface area contributed by atoms with Crippen LogP contribution in [-0.4, -0.2) is 51.9 Å². The third-order valence-electron chi connectivity index (χ3n) is 5.37. The molecule has 1 aliphatic rings. The minimum Gasteiger partial charge on any atom is -0.457 e. The number of hydrogen-bond donors (Lipinski definition) is 0. The molecular formula is C23H19N5O4S. The topological polar surface area (TPSA) is 102 Å². The first-order valence-corrected chi connectivity index (χ1v) is 11.2. The van der Waals surface area contributed by atoms with Crippen LogP contribution < -0.4 is 9.64 Å². The van der Waals surface area contributed by atoms with Gasteiger partial charge in [-0.2, -0.15) is 0 Å². The summed E-state index contributed by atoms with van der Waals surface area (Å²) < 4.78 is 5.88. The molecule has 1 fully saturated rings. The van der Waals surface area contributed by atoms with Crippen molar-refractivity contribution in [1.29, 1.82) is 0 Å². The number of aromatic nitrogens is 2. The predicted molar refractivity (Wildman–Crippen MR) is 125 cm³/mol. The Morgan fingerprint density at radius 1 is 1.03 bits per heavy atom. The van der Waals surface area contributed by atoms with Crippen molar-refractivity contribution < 1.29 is 14.5 Å². The maximum atomic E-state index is 13.4. The molecule has 0 N–H and O–H groups in total. The summed E-state index contributed by atoms with van der Waals surface area (Å²) in [6, 6.07) is 16.9. The largest absolute Gasteiger partial charge is 0.457 e. The lowest BCUT2D eigenvalue weighted by atomic mass is 10.1. The molecule has 0 unspecified atom stereocenters. The molecule has 0 spiro atoms. The van der Waals surface area contributed by atoms with Crippen LogP contribution in [0.3, 0.4) is 0 Å². The zero-order chi connectivity index (χ0) is 22.8. The number of anilines is 1. The van der Waals surface area contributed by atoms with E-state index in [9.17, 15) is 14.9 Å². The highest BCUT2D eigenvalue weighted by atomic mass is 32.1. The van der Waals surface area contributed by atoms with Gasteiger partial charge in [0, 0.05) is 44.5 Å². The van der Waals surface area contributed by atoms with Crippen LogP contribution in [0.25, 0.3) is 10.3 Å². The summed E-state index contributed by atoms with van der Waals surface area (Å²) >= 11 is 1.52. The number of non-ortho nitro benzene ring substituents is 1. The first-order chi connectivity index (χ1) is 16.1. The van der Waals surface area contributed by atoms with Gasteiger partial charge in [-0.15, -0.1) is 0 Å². The van der Waals surface area contributed by atoms with Crippen LogP contribution in [0, 0.1) is 10.1 Å². The van der Waals surface area contributed by atoms with Gasteiger partial charge in [-0.1, -0.05) is 29.5 Å². The number of amides is 1. The summed E-state index contributed by atoms with van der Waals surface area (Å²) in [5.74, 6) is 0.543. The zero-order valence-electron chi connectivity index (χ0n) is 17.5. The van der Waals surface area contributed by atoms with Gasteiger partial charge in [0.1, 0.15) is 21.8 Å². The molecule has 0 radical (unpaired) electrons. The van der Waals surface area contributed by atoms with Gasteiger partial charge in [-0.05, 0) is 30.3 Å². The molecule has 5 rings (SSSR count). The van der Waals surface area contributed by atoms with Crippen LogP contribution in [0.4, 0.5) is 10.8 Å². The summed E-state index contributed by atoms with van der Waals surface area (Å²) in [7, 11) is 0. The Morgan fingerprint density at radius 2 is 1.82 bits per heavy atom. The van der Waals surface area contributed by atoms with E-state index in [0.29, 0.717) is 31.9 Å². The molecular weight excluding hydrogens is 442 g/mol. The van der Waals surface area contributed by atoms with Gasteiger partial charge in [-0.3, -0.25) is 14.9 Å². The number of thiazole rings is 1. The number of hydrogen-bond acceptors (Lipinski definition) is 8. The van der Waals surface area contributed by atoms with E-state index in [4.69, 9.17) is 4.74 Å². The number of pyridine rings is 1. The third kappa shape index (κ3) is 4.33. The van der Waals surface area contributed by atoms with Crippen LogP contribution in [0.15, 0.2) is 66.9 Å². The number of carbonyl (C=O) groups excluding carboxylic acids is 1. The molecule has 4 aromatic rings. The van der Waals surface area contributed by atoms with Gasteiger partial charge in [-0.25, -0.2) is 9.97 Å². The van der Waals surface area contributed by atoms with Crippen LogP contribution in [0.5, 0.6) is 11.5 Å². The number of rotatable bonds is 5. The summed E-state index contributed by atoms with van der Waals surface area (Å²) in [5.41, 5.74) is 0.875. The molecule has 0 aliphatic carbocycles. The van der Waals surface area contributed by atoms with Crippen molar-refractivity contribution in [3.63, 3.8) is 0 Å². The molecule has 3 heterocycles. The molecule has 33 heavy (non-hydrogen) atoms. The molecule has 10 heteroatoms. The first-order valence-electron chi connectivity index (χ1n) is 10.4. The lowest BCUT2D eigenvalue weighted by Crippen LogP contribution is -2.48. The Morgan fingerprint density at radius 3 is 2.55 bits per heavy atom. The molecule has 0 atom stereocenters. The van der Waals surface area contributed by atoms with Gasteiger partial charge in [0.2, 0.25) is 0 Å². The maximum absolute atomic E-state index is 13.4. The van der Waals surface area contributed by atoms with Gasteiger partial charge < -0.3 is 14.5 Å². The quantitative estimate of drug-likeness (QED) is 0.322. The summed E-state index contributed by atoms with van der Waals surface area (Å²) in [6.07, 6.45) is 1.75. The van der Waals surface area contributed by atoms with E-state index < -0.39 is 4.92 Å². The second-order valence-corrected chi connectivity index (χ2v) is 8.41. The van der Waals surface area contributed by atoms with Crippen LogP contribution in [-0.2, 0) is 0 Å².